The zero-order valence-corrected chi connectivity index (χ0v) is 36.4. The van der Waals surface area contributed by atoms with Gasteiger partial charge in [0.05, 0.1) is 11.0 Å². The fourth-order valence-electron chi connectivity index (χ4n) is 9.01. The number of hydrogen-bond donors (Lipinski definition) is 3. The van der Waals surface area contributed by atoms with Crippen LogP contribution >= 0.6 is 0 Å². The SMILES string of the molecule is C=CCNC(=O)OCn1cc2cc(CC(NC(=O)N3CCC(c4cc5ccccc5n(COC(=O)NCC=C)c4=O)CC3)C(=O)N3CCN(C4CCN(C)CC4)CC3)cc(C)c2n1. The summed E-state index contributed by atoms with van der Waals surface area (Å²) < 4.78 is 13.7. The van der Waals surface area contributed by atoms with Crippen LogP contribution in [0.15, 0.2) is 78.8 Å². The van der Waals surface area contributed by atoms with Crippen molar-refractivity contribution in [2.45, 2.75) is 70.5 Å². The normalized spacial score (nSPS) is 17.3. The Kier molecular flexibility index (Phi) is 14.8. The van der Waals surface area contributed by atoms with Crippen LogP contribution in [0.2, 0.25) is 0 Å². The lowest BCUT2D eigenvalue weighted by molar-refractivity contribution is -0.135. The van der Waals surface area contributed by atoms with Gasteiger partial charge in [-0.05, 0) is 93.4 Å². The number of rotatable bonds is 14. The summed E-state index contributed by atoms with van der Waals surface area (Å²) in [4.78, 5) is 75.4. The molecular weight excluding hydrogens is 805 g/mol. The van der Waals surface area contributed by atoms with Crippen LogP contribution in [0.4, 0.5) is 14.4 Å². The van der Waals surface area contributed by atoms with Gasteiger partial charge in [-0.1, -0.05) is 36.4 Å². The molecule has 0 radical (unpaired) electrons. The van der Waals surface area contributed by atoms with Gasteiger partial charge in [0.25, 0.3) is 5.56 Å². The van der Waals surface area contributed by atoms with Crippen LogP contribution in [0, 0.1) is 6.92 Å². The Morgan fingerprint density at radius 2 is 1.49 bits per heavy atom. The summed E-state index contributed by atoms with van der Waals surface area (Å²) in [6.07, 6.45) is 7.26. The number of nitrogens with one attached hydrogen (secondary N) is 3. The monoisotopic (exact) mass is 864 g/mol. The number of para-hydroxylation sites is 1. The summed E-state index contributed by atoms with van der Waals surface area (Å²) >= 11 is 0. The fraction of sp³-hybridized carbons (Fsp3) is 0.478. The number of ether oxygens (including phenoxy) is 2. The van der Waals surface area contributed by atoms with Crippen molar-refractivity contribution in [1.82, 2.24) is 49.9 Å². The van der Waals surface area contributed by atoms with E-state index in [0.717, 1.165) is 66.4 Å². The molecule has 336 valence electrons. The van der Waals surface area contributed by atoms with E-state index in [4.69, 9.17) is 9.47 Å². The first-order chi connectivity index (χ1) is 30.5. The van der Waals surface area contributed by atoms with Gasteiger partial charge in [0.15, 0.2) is 13.5 Å². The predicted molar refractivity (Wildman–Crippen MR) is 240 cm³/mol. The molecule has 0 aliphatic carbocycles. The van der Waals surface area contributed by atoms with E-state index < -0.39 is 18.2 Å². The molecule has 4 aromatic rings. The molecule has 3 saturated heterocycles. The number of urea groups is 1. The largest absolute Gasteiger partial charge is 0.428 e. The first-order valence-corrected chi connectivity index (χ1v) is 21.9. The molecule has 7 rings (SSSR count). The summed E-state index contributed by atoms with van der Waals surface area (Å²) in [5, 5.41) is 14.6. The van der Waals surface area contributed by atoms with Crippen molar-refractivity contribution in [3.63, 3.8) is 0 Å². The third kappa shape index (κ3) is 11.1. The van der Waals surface area contributed by atoms with Crippen LogP contribution in [-0.2, 0) is 34.2 Å². The Bertz CT molecular complexity index is 2350. The second-order valence-corrected chi connectivity index (χ2v) is 16.7. The van der Waals surface area contributed by atoms with Gasteiger partial charge in [-0.15, -0.1) is 13.2 Å². The average Bonchev–Trinajstić information content (AvgIpc) is 3.72. The Hall–Kier alpha value is -6.20. The summed E-state index contributed by atoms with van der Waals surface area (Å²) in [5.41, 5.74) is 3.51. The number of amides is 5. The topological polar surface area (TPSA) is 176 Å². The van der Waals surface area contributed by atoms with Gasteiger partial charge >= 0.3 is 18.2 Å². The predicted octanol–water partition coefficient (Wildman–Crippen LogP) is 4.14. The van der Waals surface area contributed by atoms with Crippen molar-refractivity contribution in [3.8, 4) is 0 Å². The average molecular weight is 865 g/mol. The number of likely N-dealkylation sites (tertiary alicyclic amines) is 2. The van der Waals surface area contributed by atoms with E-state index >= 15 is 0 Å². The number of aryl methyl sites for hydroxylation is 1. The smallest absolute Gasteiger partial charge is 0.409 e. The zero-order chi connectivity index (χ0) is 44.5. The van der Waals surface area contributed by atoms with E-state index in [-0.39, 0.29) is 56.4 Å². The van der Waals surface area contributed by atoms with Gasteiger partial charge < -0.3 is 40.1 Å². The molecule has 5 heterocycles. The van der Waals surface area contributed by atoms with Crippen LogP contribution in [-0.4, -0.2) is 143 Å². The van der Waals surface area contributed by atoms with Crippen molar-refractivity contribution >= 4 is 45.9 Å². The number of benzene rings is 2. The van der Waals surface area contributed by atoms with Crippen LogP contribution in [0.3, 0.4) is 0 Å². The van der Waals surface area contributed by atoms with Crippen LogP contribution in [0.5, 0.6) is 0 Å². The molecule has 0 saturated carbocycles. The molecule has 3 N–H and O–H groups in total. The maximum absolute atomic E-state index is 14.5. The zero-order valence-electron chi connectivity index (χ0n) is 36.4. The van der Waals surface area contributed by atoms with E-state index in [9.17, 15) is 24.0 Å². The molecule has 0 spiro atoms. The van der Waals surface area contributed by atoms with Gasteiger partial charge in [-0.3, -0.25) is 19.1 Å². The lowest BCUT2D eigenvalue weighted by Gasteiger charge is -2.43. The Morgan fingerprint density at radius 3 is 2.17 bits per heavy atom. The maximum Gasteiger partial charge on any atom is 0.409 e. The summed E-state index contributed by atoms with van der Waals surface area (Å²) in [6, 6.07) is 12.7. The van der Waals surface area contributed by atoms with Gasteiger partial charge in [-0.25, -0.2) is 19.1 Å². The van der Waals surface area contributed by atoms with Gasteiger partial charge in [-0.2, -0.15) is 5.10 Å². The quantitative estimate of drug-likeness (QED) is 0.156. The van der Waals surface area contributed by atoms with Crippen molar-refractivity contribution in [2.75, 3.05) is 72.5 Å². The number of alkyl carbamates (subject to hydrolysis) is 2. The standard InChI is InChI=1S/C46H60N10O7/c1-5-15-47-45(60)62-30-55-29-36-26-33(25-32(3)41(36)50-55)27-39(43(58)53-23-21-52(22-24-53)37-13-17-51(4)18-14-37)49-44(59)54-19-11-34(12-20-54)38-28-35-9-7-8-10-40(35)56(42(38)57)31-63-46(61)48-16-6-2/h5-10,25-26,28-29,34,37,39H,1-2,11-24,27,30-31H2,3-4H3,(H,47,60)(H,48,61)(H,49,59). The van der Waals surface area contributed by atoms with Crippen LogP contribution in [0.25, 0.3) is 21.8 Å². The maximum atomic E-state index is 14.5. The minimum absolute atomic E-state index is 0.0790. The first kappa shape index (κ1) is 44.8. The highest BCUT2D eigenvalue weighted by atomic mass is 16.6. The van der Waals surface area contributed by atoms with Crippen molar-refractivity contribution in [3.05, 3.63) is 101 Å². The van der Waals surface area contributed by atoms with E-state index in [1.165, 1.54) is 4.57 Å². The van der Waals surface area contributed by atoms with E-state index in [0.29, 0.717) is 56.1 Å². The highest BCUT2D eigenvalue weighted by Gasteiger charge is 2.34. The number of aromatic nitrogens is 3. The molecular formula is C46H60N10O7. The molecule has 3 aliphatic rings. The van der Waals surface area contributed by atoms with Crippen molar-refractivity contribution in [1.29, 1.82) is 0 Å². The Balaban J connectivity index is 1.05. The second kappa shape index (κ2) is 20.8. The number of fused-ring (bicyclic) bond motifs is 2. The van der Waals surface area contributed by atoms with E-state index in [2.05, 4.69) is 51.1 Å². The highest BCUT2D eigenvalue weighted by Crippen LogP contribution is 2.29. The minimum Gasteiger partial charge on any atom is -0.428 e. The minimum atomic E-state index is -0.828. The summed E-state index contributed by atoms with van der Waals surface area (Å²) in [5.74, 6) is -0.251. The third-order valence-electron chi connectivity index (χ3n) is 12.5. The number of piperidine rings is 2. The molecule has 17 nitrogen and oxygen atoms in total. The highest BCUT2D eigenvalue weighted by molar-refractivity contribution is 5.88. The van der Waals surface area contributed by atoms with Crippen LogP contribution < -0.4 is 21.5 Å². The summed E-state index contributed by atoms with van der Waals surface area (Å²) in [7, 11) is 2.16. The molecule has 5 amide bonds. The number of nitrogens with zero attached hydrogens (tertiary/aromatic N) is 7. The molecule has 17 heteroatoms. The fourth-order valence-corrected chi connectivity index (χ4v) is 9.01. The molecule has 1 atom stereocenters. The van der Waals surface area contributed by atoms with Crippen LogP contribution in [0.1, 0.15) is 48.3 Å². The molecule has 2 aromatic heterocycles. The van der Waals surface area contributed by atoms with Gasteiger partial charge in [0, 0.05) is 82.0 Å². The van der Waals surface area contributed by atoms with Gasteiger partial charge in [0.2, 0.25) is 5.91 Å². The number of pyridine rings is 1. The molecule has 63 heavy (non-hydrogen) atoms. The molecule has 3 fully saturated rings. The molecule has 2 aromatic carbocycles. The van der Waals surface area contributed by atoms with E-state index in [1.807, 2.05) is 54.3 Å². The number of carbonyl (C=O) groups excluding carboxylic acids is 4. The number of hydrogen-bond acceptors (Lipinski definition) is 10. The number of piperazine rings is 1. The third-order valence-corrected chi connectivity index (χ3v) is 12.5. The Morgan fingerprint density at radius 1 is 0.825 bits per heavy atom. The first-order valence-electron chi connectivity index (χ1n) is 21.9. The molecule has 1 unspecified atom stereocenters. The van der Waals surface area contributed by atoms with E-state index in [1.54, 1.807) is 27.9 Å². The van der Waals surface area contributed by atoms with Gasteiger partial charge in [0.1, 0.15) is 6.04 Å². The Labute approximate surface area is 367 Å². The molecule has 0 bridgehead atoms. The molecule has 3 aliphatic heterocycles. The second-order valence-electron chi connectivity index (χ2n) is 16.7. The lowest BCUT2D eigenvalue weighted by atomic mass is 9.89. The van der Waals surface area contributed by atoms with Crippen molar-refractivity contribution in [2.24, 2.45) is 0 Å². The van der Waals surface area contributed by atoms with Crippen molar-refractivity contribution < 1.29 is 28.7 Å². The number of carbonyl (C=O) groups is 4. The summed E-state index contributed by atoms with van der Waals surface area (Å²) in [6.45, 7) is 15.0. The lowest BCUT2D eigenvalue weighted by Crippen LogP contribution is -2.59.